The van der Waals surface area contributed by atoms with Crippen molar-refractivity contribution in [2.45, 2.75) is 20.0 Å². The van der Waals surface area contributed by atoms with Crippen molar-refractivity contribution in [1.82, 2.24) is 24.6 Å². The Balaban J connectivity index is 1.57. The van der Waals surface area contributed by atoms with E-state index in [4.69, 9.17) is 4.74 Å². The molecule has 1 atom stereocenters. The van der Waals surface area contributed by atoms with Crippen LogP contribution in [0.4, 0.5) is 10.6 Å². The van der Waals surface area contributed by atoms with Gasteiger partial charge in [0.25, 0.3) is 11.8 Å². The van der Waals surface area contributed by atoms with Crippen molar-refractivity contribution in [2.24, 2.45) is 7.05 Å². The quantitative estimate of drug-likeness (QED) is 0.503. The monoisotopic (exact) mass is 440 g/mol. The van der Waals surface area contributed by atoms with E-state index in [1.54, 1.807) is 50.0 Å². The number of nitrogens with zero attached hydrogens (tertiary/aromatic N) is 4. The normalized spacial score (nSPS) is 11.6. The zero-order valence-corrected chi connectivity index (χ0v) is 17.9. The van der Waals surface area contributed by atoms with Crippen molar-refractivity contribution in [1.29, 1.82) is 0 Å². The maximum absolute atomic E-state index is 12.5. The maximum atomic E-state index is 12.5. The first kappa shape index (κ1) is 22.7. The molecule has 1 aromatic carbocycles. The maximum Gasteiger partial charge on any atom is 0.419 e. The molecule has 11 heteroatoms. The standard InChI is InChI=1S/C21H24N6O5/c1-4-32-21(31)27-12-18(24-13(27)2)25-20(30)17(28)10-22-19(29)15-7-5-6-14(8-15)16-9-23-26(3)11-16/h5-9,11-12,17,28H,4,10H2,1-3H3,(H,22,29)(H,25,30). The highest BCUT2D eigenvalue weighted by Gasteiger charge is 2.20. The fraction of sp³-hybridized carbons (Fsp3) is 0.286. The fourth-order valence-electron chi connectivity index (χ4n) is 2.91. The molecule has 2 heterocycles. The number of aliphatic hydroxyl groups excluding tert-OH is 1. The van der Waals surface area contributed by atoms with Crippen LogP contribution in [0.15, 0.2) is 42.9 Å². The average molecular weight is 440 g/mol. The first-order chi connectivity index (χ1) is 15.3. The number of hydrogen-bond acceptors (Lipinski definition) is 7. The Morgan fingerprint density at radius 1 is 1.22 bits per heavy atom. The van der Waals surface area contributed by atoms with Crippen molar-refractivity contribution in [3.63, 3.8) is 0 Å². The zero-order valence-electron chi connectivity index (χ0n) is 17.9. The molecule has 168 valence electrons. The summed E-state index contributed by atoms with van der Waals surface area (Å²) in [5.74, 6) is -0.821. The van der Waals surface area contributed by atoms with Crippen LogP contribution in [0.1, 0.15) is 23.1 Å². The fourth-order valence-corrected chi connectivity index (χ4v) is 2.91. The number of amides is 2. The van der Waals surface area contributed by atoms with Crippen molar-refractivity contribution < 1.29 is 24.2 Å². The lowest BCUT2D eigenvalue weighted by Crippen LogP contribution is -2.39. The number of aliphatic hydroxyl groups is 1. The molecule has 2 aromatic heterocycles. The SMILES string of the molecule is CCOC(=O)n1cc(NC(=O)C(O)CNC(=O)c2cccc(-c3cnn(C)c3)c2)nc1C. The largest absolute Gasteiger partial charge is 0.449 e. The molecule has 3 aromatic rings. The molecule has 0 spiro atoms. The van der Waals surface area contributed by atoms with Crippen LogP contribution in [0.25, 0.3) is 11.1 Å². The number of hydrogen-bond donors (Lipinski definition) is 3. The summed E-state index contributed by atoms with van der Waals surface area (Å²) in [5.41, 5.74) is 2.05. The summed E-state index contributed by atoms with van der Waals surface area (Å²) in [6.07, 6.45) is 2.67. The van der Waals surface area contributed by atoms with Crippen LogP contribution >= 0.6 is 0 Å². The van der Waals surface area contributed by atoms with Gasteiger partial charge >= 0.3 is 6.09 Å². The first-order valence-electron chi connectivity index (χ1n) is 9.87. The van der Waals surface area contributed by atoms with E-state index in [0.29, 0.717) is 11.4 Å². The van der Waals surface area contributed by atoms with E-state index in [2.05, 4.69) is 20.7 Å². The molecule has 0 aliphatic heterocycles. The van der Waals surface area contributed by atoms with Crippen LogP contribution in [-0.2, 0) is 16.6 Å². The second kappa shape index (κ2) is 9.88. The van der Waals surface area contributed by atoms with Crippen molar-refractivity contribution in [3.05, 3.63) is 54.2 Å². The molecule has 3 rings (SSSR count). The first-order valence-corrected chi connectivity index (χ1v) is 9.87. The minimum atomic E-state index is -1.52. The van der Waals surface area contributed by atoms with E-state index >= 15 is 0 Å². The number of ether oxygens (including phenoxy) is 1. The Morgan fingerprint density at radius 3 is 2.69 bits per heavy atom. The predicted molar refractivity (Wildman–Crippen MR) is 115 cm³/mol. The highest BCUT2D eigenvalue weighted by Crippen LogP contribution is 2.19. The summed E-state index contributed by atoms with van der Waals surface area (Å²) < 4.78 is 7.69. The minimum absolute atomic E-state index is 0.0788. The van der Waals surface area contributed by atoms with Gasteiger partial charge in [-0.3, -0.25) is 14.3 Å². The van der Waals surface area contributed by atoms with Crippen molar-refractivity contribution in [2.75, 3.05) is 18.5 Å². The molecular formula is C21H24N6O5. The molecular weight excluding hydrogens is 416 g/mol. The highest BCUT2D eigenvalue weighted by atomic mass is 16.5. The molecule has 11 nitrogen and oxygen atoms in total. The van der Waals surface area contributed by atoms with E-state index in [1.165, 1.54) is 6.20 Å². The summed E-state index contributed by atoms with van der Waals surface area (Å²) in [5, 5.41) is 19.2. The molecule has 2 amide bonds. The number of carbonyl (C=O) groups is 3. The van der Waals surface area contributed by atoms with Crippen LogP contribution in [0.5, 0.6) is 0 Å². The summed E-state index contributed by atoms with van der Waals surface area (Å²) in [7, 11) is 1.80. The van der Waals surface area contributed by atoms with Gasteiger partial charge in [-0.1, -0.05) is 12.1 Å². The number of nitrogens with one attached hydrogen (secondary N) is 2. The van der Waals surface area contributed by atoms with Crippen molar-refractivity contribution >= 4 is 23.7 Å². The predicted octanol–water partition coefficient (Wildman–Crippen LogP) is 1.33. The van der Waals surface area contributed by atoms with Gasteiger partial charge in [0.15, 0.2) is 5.82 Å². The van der Waals surface area contributed by atoms with Crippen molar-refractivity contribution in [3.8, 4) is 11.1 Å². The minimum Gasteiger partial charge on any atom is -0.449 e. The summed E-state index contributed by atoms with van der Waals surface area (Å²) >= 11 is 0. The van der Waals surface area contributed by atoms with Crippen LogP contribution in [-0.4, -0.2) is 61.6 Å². The van der Waals surface area contributed by atoms with Gasteiger partial charge in [0.05, 0.1) is 25.5 Å². The van der Waals surface area contributed by atoms with E-state index in [1.807, 2.05) is 12.3 Å². The third-order valence-corrected chi connectivity index (χ3v) is 4.52. The van der Waals surface area contributed by atoms with Gasteiger partial charge < -0.3 is 20.5 Å². The van der Waals surface area contributed by atoms with E-state index in [-0.39, 0.29) is 19.0 Å². The summed E-state index contributed by atoms with van der Waals surface area (Å²) in [6, 6.07) is 6.92. The number of aromatic nitrogens is 4. The van der Waals surface area contributed by atoms with Gasteiger partial charge in [0.1, 0.15) is 11.9 Å². The third-order valence-electron chi connectivity index (χ3n) is 4.52. The lowest BCUT2D eigenvalue weighted by Gasteiger charge is -2.11. The molecule has 0 aliphatic rings. The van der Waals surface area contributed by atoms with Gasteiger partial charge in [0, 0.05) is 24.4 Å². The summed E-state index contributed by atoms with van der Waals surface area (Å²) in [4.78, 5) is 40.6. The number of rotatable bonds is 7. The van der Waals surface area contributed by atoms with Crippen LogP contribution in [0.3, 0.4) is 0 Å². The van der Waals surface area contributed by atoms with Gasteiger partial charge in [-0.05, 0) is 31.5 Å². The molecule has 1 unspecified atom stereocenters. The number of anilines is 1. The topological polar surface area (TPSA) is 140 Å². The number of carbonyl (C=O) groups excluding carboxylic acids is 3. The van der Waals surface area contributed by atoms with Crippen LogP contribution in [0.2, 0.25) is 0 Å². The molecule has 32 heavy (non-hydrogen) atoms. The lowest BCUT2D eigenvalue weighted by atomic mass is 10.1. The van der Waals surface area contributed by atoms with Gasteiger partial charge in [-0.25, -0.2) is 14.3 Å². The van der Waals surface area contributed by atoms with Gasteiger partial charge in [0.2, 0.25) is 0 Å². The Labute approximate surface area is 184 Å². The van der Waals surface area contributed by atoms with Crippen LogP contribution in [0, 0.1) is 6.92 Å². The molecule has 0 saturated heterocycles. The van der Waals surface area contributed by atoms with Crippen LogP contribution < -0.4 is 10.6 Å². The Morgan fingerprint density at radius 2 is 2.00 bits per heavy atom. The third kappa shape index (κ3) is 5.38. The van der Waals surface area contributed by atoms with Gasteiger partial charge in [-0.15, -0.1) is 0 Å². The molecule has 0 fully saturated rings. The highest BCUT2D eigenvalue weighted by molar-refractivity contribution is 5.97. The van der Waals surface area contributed by atoms with Gasteiger partial charge in [-0.2, -0.15) is 5.10 Å². The van der Waals surface area contributed by atoms with E-state index < -0.39 is 24.0 Å². The second-order valence-electron chi connectivity index (χ2n) is 6.94. The smallest absolute Gasteiger partial charge is 0.419 e. The summed E-state index contributed by atoms with van der Waals surface area (Å²) in [6.45, 7) is 3.14. The zero-order chi connectivity index (χ0) is 23.3. The number of aryl methyl sites for hydroxylation is 2. The molecule has 0 radical (unpaired) electrons. The Kier molecular flexibility index (Phi) is 7.00. The molecule has 0 bridgehead atoms. The van der Waals surface area contributed by atoms with E-state index in [0.717, 1.165) is 15.7 Å². The second-order valence-corrected chi connectivity index (χ2v) is 6.94. The number of benzene rings is 1. The average Bonchev–Trinajstić information content (AvgIpc) is 3.37. The lowest BCUT2D eigenvalue weighted by molar-refractivity contribution is -0.123. The molecule has 0 saturated carbocycles. The number of imidazole rings is 1. The molecule has 3 N–H and O–H groups in total. The Hall–Kier alpha value is -3.99. The molecule has 0 aliphatic carbocycles. The Bertz CT molecular complexity index is 1140. The van der Waals surface area contributed by atoms with E-state index in [9.17, 15) is 19.5 Å².